The molecule has 0 aromatic rings. The Labute approximate surface area is 213 Å². The SMILES string of the molecule is CCCOP([O-])(=S)[S-].CCCOP([O-])(=S)[S-].CCCOP([O-])(=S)[S-].O=S.[Mo]. The van der Waals surface area contributed by atoms with Gasteiger partial charge in [-0.3, -0.25) is 0 Å². The van der Waals surface area contributed by atoms with Gasteiger partial charge in [0, 0.05) is 40.9 Å². The molecule has 0 amide bonds. The normalized spacial score (nSPS) is 16.0. The molecule has 18 heteroatoms. The Bertz CT molecular complexity index is 384. The van der Waals surface area contributed by atoms with E-state index >= 15 is 0 Å². The van der Waals surface area contributed by atoms with Crippen molar-refractivity contribution in [3.63, 3.8) is 0 Å². The van der Waals surface area contributed by atoms with Crippen molar-refractivity contribution in [3.05, 3.63) is 0 Å². The summed E-state index contributed by atoms with van der Waals surface area (Å²) in [4.78, 5) is 31.1. The molecule has 7 nitrogen and oxygen atoms in total. The first-order valence-electron chi connectivity index (χ1n) is 6.84. The van der Waals surface area contributed by atoms with Crippen LogP contribution in [0.2, 0.25) is 0 Å². The molecule has 0 aliphatic carbocycles. The van der Waals surface area contributed by atoms with Crippen LogP contribution in [0.15, 0.2) is 0 Å². The summed E-state index contributed by atoms with van der Waals surface area (Å²) in [6, 6.07) is 0. The zero-order valence-corrected chi connectivity index (χ0v) is 25.1. The largest absolute Gasteiger partial charge is 0.819 e. The van der Waals surface area contributed by atoms with Crippen LogP contribution in [0.3, 0.4) is 0 Å². The molecule has 168 valence electrons. The molecule has 0 fully saturated rings. The molecule has 0 radical (unpaired) electrons. The Morgan fingerprint density at radius 1 is 0.667 bits per heavy atom. The molecule has 0 saturated heterocycles. The summed E-state index contributed by atoms with van der Waals surface area (Å²) in [5, 5.41) is 0. The molecule has 0 heterocycles. The second-order valence-electron chi connectivity index (χ2n) is 3.84. The van der Waals surface area contributed by atoms with Crippen molar-refractivity contribution in [2.24, 2.45) is 0 Å². The van der Waals surface area contributed by atoms with Crippen molar-refractivity contribution < 1.29 is 53.5 Å². The maximum atomic E-state index is 10.4. The van der Waals surface area contributed by atoms with Crippen LogP contribution < -0.4 is 14.7 Å². The van der Waals surface area contributed by atoms with Crippen molar-refractivity contribution in [2.45, 2.75) is 40.0 Å². The Morgan fingerprint density at radius 3 is 0.852 bits per heavy atom. The summed E-state index contributed by atoms with van der Waals surface area (Å²) >= 11 is 28.6. The minimum absolute atomic E-state index is 0. The standard InChI is InChI=1S/3C3H9O2PS2.Mo.OS/c3*1-2-3-5-6(4,7)8;;1-2/h3*2-3H2,1H3,(H2,4,7,8);;/p-6. The molecule has 27 heavy (non-hydrogen) atoms. The fourth-order valence-corrected chi connectivity index (χ4v) is 3.17. The van der Waals surface area contributed by atoms with E-state index in [4.69, 9.17) is 4.21 Å². The fourth-order valence-electron chi connectivity index (χ4n) is 0.609. The van der Waals surface area contributed by atoms with Gasteiger partial charge in [-0.05, 0) is 19.3 Å². The van der Waals surface area contributed by atoms with E-state index in [2.05, 4.69) is 98.3 Å². The molecule has 0 saturated carbocycles. The molecule has 0 N–H and O–H groups in total. The van der Waals surface area contributed by atoms with Gasteiger partial charge >= 0.3 is 0 Å². The smallest absolute Gasteiger partial charge is 0.197 e. The topological polar surface area (TPSA) is 114 Å². The van der Waals surface area contributed by atoms with Crippen LogP contribution in [-0.2, 0) is 119 Å². The van der Waals surface area contributed by atoms with E-state index in [1.54, 1.807) is 0 Å². The first-order chi connectivity index (χ1) is 11.7. The van der Waals surface area contributed by atoms with Gasteiger partial charge in [0.2, 0.25) is 0 Å². The Hall–Kier alpha value is 3.47. The van der Waals surface area contributed by atoms with Gasteiger partial charge in [0.05, 0.1) is 0 Å². The van der Waals surface area contributed by atoms with Gasteiger partial charge < -0.3 is 65.0 Å². The van der Waals surface area contributed by atoms with E-state index in [0.717, 1.165) is 19.3 Å². The van der Waals surface area contributed by atoms with Gasteiger partial charge in [0.15, 0.2) is 12.5 Å². The second kappa shape index (κ2) is 25.7. The molecule has 0 rings (SSSR count). The van der Waals surface area contributed by atoms with Crippen LogP contribution in [0, 0.1) is 0 Å². The average Bonchev–Trinajstić information content (AvgIpc) is 2.50. The Balaban J connectivity index is -0.0000000840. The summed E-state index contributed by atoms with van der Waals surface area (Å²) in [6.45, 7) is 6.93. The fraction of sp³-hybridized carbons (Fsp3) is 1.00. The van der Waals surface area contributed by atoms with Crippen molar-refractivity contribution >= 4 is 102 Å². The molecule has 0 aromatic carbocycles. The molecule has 0 aliphatic heterocycles. The maximum absolute atomic E-state index is 10.4. The van der Waals surface area contributed by atoms with E-state index in [0.29, 0.717) is 19.8 Å². The van der Waals surface area contributed by atoms with Crippen LogP contribution in [-0.4, -0.2) is 24.0 Å². The van der Waals surface area contributed by atoms with Gasteiger partial charge in [-0.25, -0.2) is 0 Å². The van der Waals surface area contributed by atoms with Crippen LogP contribution in [0.25, 0.3) is 0 Å². The van der Waals surface area contributed by atoms with Gasteiger partial charge in [-0.1, -0.05) is 20.8 Å². The summed E-state index contributed by atoms with van der Waals surface area (Å²) in [5.74, 6) is 0. The van der Waals surface area contributed by atoms with Gasteiger partial charge in [-0.2, -0.15) is 4.21 Å². The number of hydrogen-bond donors (Lipinski definition) is 0. The van der Waals surface area contributed by atoms with Gasteiger partial charge in [0.1, 0.15) is 0 Å². The van der Waals surface area contributed by atoms with E-state index in [1.165, 1.54) is 0 Å². The van der Waals surface area contributed by atoms with E-state index in [-0.39, 0.29) is 21.1 Å². The van der Waals surface area contributed by atoms with Crippen LogP contribution in [0.5, 0.6) is 0 Å². The summed E-state index contributed by atoms with van der Waals surface area (Å²) in [7, 11) is 0. The summed E-state index contributed by atoms with van der Waals surface area (Å²) < 4.78 is 21.5. The van der Waals surface area contributed by atoms with Crippen LogP contribution >= 0.6 is 17.1 Å². The zero-order valence-electron chi connectivity index (χ0n) is 14.7. The van der Waals surface area contributed by atoms with E-state index in [1.807, 2.05) is 20.8 Å². The first kappa shape index (κ1) is 40.8. The number of rotatable bonds is 9. The van der Waals surface area contributed by atoms with Crippen molar-refractivity contribution in [1.29, 1.82) is 0 Å². The van der Waals surface area contributed by atoms with E-state index in [9.17, 15) is 14.7 Å². The molecule has 3 unspecified atom stereocenters. The first-order valence-corrected chi connectivity index (χ1v) is 18.1. The zero-order chi connectivity index (χ0) is 21.9. The van der Waals surface area contributed by atoms with E-state index < -0.39 is 17.1 Å². The molecule has 0 aromatic heterocycles. The third kappa shape index (κ3) is 65.2. The Morgan fingerprint density at radius 2 is 0.815 bits per heavy atom. The Kier molecular flexibility index (Phi) is 38.9. The molecule has 3 atom stereocenters. The van der Waals surface area contributed by atoms with Crippen molar-refractivity contribution in [3.8, 4) is 0 Å². The molecular weight excluding hydrogens is 633 g/mol. The monoisotopic (exact) mass is 656 g/mol. The summed E-state index contributed by atoms with van der Waals surface area (Å²) in [6.07, 6.45) is 2.41. The third-order valence-electron chi connectivity index (χ3n) is 1.36. The number of hydrogen-bond acceptors (Lipinski definition) is 14. The third-order valence-corrected chi connectivity index (χ3v) is 4.75. The predicted molar refractivity (Wildman–Crippen MR) is 122 cm³/mol. The molecule has 0 bridgehead atoms. The van der Waals surface area contributed by atoms with Crippen LogP contribution in [0.1, 0.15) is 40.0 Å². The van der Waals surface area contributed by atoms with Gasteiger partial charge in [-0.15, -0.1) is 52.5 Å². The predicted octanol–water partition coefficient (Wildman–Crippen LogP) is 1.30. The summed E-state index contributed by atoms with van der Waals surface area (Å²) in [5.41, 5.74) is -9.05. The van der Waals surface area contributed by atoms with Crippen molar-refractivity contribution in [1.82, 2.24) is 0 Å². The molecule has 0 aliphatic rings. The van der Waals surface area contributed by atoms with Gasteiger partial charge in [0.25, 0.3) is 0 Å². The average molecular weight is 655 g/mol. The van der Waals surface area contributed by atoms with Crippen LogP contribution in [0.4, 0.5) is 0 Å². The second-order valence-corrected chi connectivity index (χ2v) is 18.0. The minimum atomic E-state index is -3.02. The quantitative estimate of drug-likeness (QED) is 0.202. The maximum Gasteiger partial charge on any atom is 0.197 e. The molecular formula is C9H21MoO7P3S7-6. The van der Waals surface area contributed by atoms with Crippen molar-refractivity contribution in [2.75, 3.05) is 19.8 Å². The minimum Gasteiger partial charge on any atom is -0.819 e. The molecule has 0 spiro atoms.